The number of nitrogens with one attached hydrogen (secondary N) is 1. The van der Waals surface area contributed by atoms with Crippen LogP contribution < -0.4 is 11.1 Å². The van der Waals surface area contributed by atoms with Gasteiger partial charge in [-0.2, -0.15) is 0 Å². The summed E-state index contributed by atoms with van der Waals surface area (Å²) in [5, 5.41) is 28.4. The van der Waals surface area contributed by atoms with Crippen LogP contribution in [0.1, 0.15) is 38.7 Å². The van der Waals surface area contributed by atoms with E-state index in [1.807, 2.05) is 62.4 Å². The zero-order chi connectivity index (χ0) is 42.6. The molecule has 0 bridgehead atoms. The lowest BCUT2D eigenvalue weighted by Gasteiger charge is -2.24. The fourth-order valence-electron chi connectivity index (χ4n) is 5.56. The van der Waals surface area contributed by atoms with Gasteiger partial charge in [0, 0.05) is 56.7 Å². The van der Waals surface area contributed by atoms with Gasteiger partial charge in [-0.25, -0.2) is 9.97 Å². The second-order valence-electron chi connectivity index (χ2n) is 12.6. The molecule has 0 aliphatic heterocycles. The van der Waals surface area contributed by atoms with Gasteiger partial charge in [-0.1, -0.05) is 118 Å². The van der Waals surface area contributed by atoms with Gasteiger partial charge in [0.2, 0.25) is 0 Å². The molecule has 4 aromatic heterocycles. The summed E-state index contributed by atoms with van der Waals surface area (Å²) in [6, 6.07) is 29.8. The predicted octanol–water partition coefficient (Wildman–Crippen LogP) is 13.2. The highest BCUT2D eigenvalue weighted by Gasteiger charge is 2.25. The van der Waals surface area contributed by atoms with Gasteiger partial charge in [-0.15, -0.1) is 0 Å². The number of phenolic OH excluding ortho intramolecular Hbond substituents is 2. The van der Waals surface area contributed by atoms with Crippen molar-refractivity contribution in [1.29, 1.82) is 0 Å². The summed E-state index contributed by atoms with van der Waals surface area (Å²) in [6.45, 7) is 3.77. The van der Waals surface area contributed by atoms with E-state index in [-0.39, 0.29) is 11.5 Å². The number of nitrogens with zero attached hydrogens (tertiary/aromatic N) is 4. The van der Waals surface area contributed by atoms with Crippen LogP contribution in [-0.4, -0.2) is 36.4 Å². The maximum Gasteiger partial charge on any atom is 0.153 e. The van der Waals surface area contributed by atoms with Crippen molar-refractivity contribution >= 4 is 109 Å². The summed E-state index contributed by atoms with van der Waals surface area (Å²) >= 11 is 35.9. The van der Waals surface area contributed by atoms with E-state index in [1.54, 1.807) is 73.2 Å². The number of para-hydroxylation sites is 1. The highest BCUT2D eigenvalue weighted by Crippen LogP contribution is 2.41. The van der Waals surface area contributed by atoms with Crippen LogP contribution >= 0.6 is 69.6 Å². The zero-order valence-electron chi connectivity index (χ0n) is 31.2. The molecule has 0 spiro atoms. The number of aldehydes is 1. The van der Waals surface area contributed by atoms with Crippen molar-refractivity contribution in [3.63, 3.8) is 0 Å². The predicted molar refractivity (Wildman–Crippen MR) is 243 cm³/mol. The van der Waals surface area contributed by atoms with Crippen molar-refractivity contribution in [2.75, 3.05) is 11.1 Å². The Hall–Kier alpha value is -5.39. The number of nitrogen functional groups attached to an aromatic ring is 1. The molecule has 0 aliphatic rings. The average molecular weight is 908 g/mol. The minimum absolute atomic E-state index is 0.0585. The largest absolute Gasteiger partial charge is 0.506 e. The molecule has 8 rings (SSSR count). The Morgan fingerprint density at radius 2 is 1.15 bits per heavy atom. The van der Waals surface area contributed by atoms with Gasteiger partial charge in [0.1, 0.15) is 34.2 Å². The highest BCUT2D eigenvalue weighted by molar-refractivity contribution is 6.38. The van der Waals surface area contributed by atoms with Crippen LogP contribution in [0.3, 0.4) is 0 Å². The van der Waals surface area contributed by atoms with E-state index in [4.69, 9.17) is 75.3 Å². The molecule has 0 fully saturated rings. The number of hydrogen-bond donors (Lipinski definition) is 4. The van der Waals surface area contributed by atoms with Crippen LogP contribution in [0.5, 0.6) is 11.5 Å². The minimum atomic E-state index is -0.560. The summed E-state index contributed by atoms with van der Waals surface area (Å²) in [5.41, 5.74) is 9.93. The van der Waals surface area contributed by atoms with Crippen molar-refractivity contribution < 1.29 is 15.0 Å². The third kappa shape index (κ3) is 11.6. The molecular weight excluding hydrogens is 873 g/mol. The zero-order valence-corrected chi connectivity index (χ0v) is 35.8. The molecule has 9 nitrogen and oxygen atoms in total. The Balaban J connectivity index is 0.000000179. The van der Waals surface area contributed by atoms with Crippen molar-refractivity contribution in [2.45, 2.75) is 19.9 Å². The number of anilines is 2. The van der Waals surface area contributed by atoms with Crippen molar-refractivity contribution in [1.82, 2.24) is 19.9 Å². The average Bonchev–Trinajstić information content (AvgIpc) is 3.21. The van der Waals surface area contributed by atoms with Crippen molar-refractivity contribution in [3.05, 3.63) is 186 Å². The van der Waals surface area contributed by atoms with Crippen molar-refractivity contribution in [3.8, 4) is 11.5 Å². The van der Waals surface area contributed by atoms with E-state index in [9.17, 15) is 15.0 Å². The van der Waals surface area contributed by atoms with Crippen molar-refractivity contribution in [2.24, 2.45) is 0 Å². The van der Waals surface area contributed by atoms with E-state index in [0.29, 0.717) is 75.8 Å². The van der Waals surface area contributed by atoms with Gasteiger partial charge in [-0.3, -0.25) is 14.8 Å². The number of pyridine rings is 4. The number of rotatable bonds is 5. The molecule has 8 aromatic rings. The topological polar surface area (TPSA) is 147 Å². The molecular formula is C44H34Cl6N6O3. The Morgan fingerprint density at radius 3 is 1.69 bits per heavy atom. The lowest BCUT2D eigenvalue weighted by molar-refractivity contribution is 0.112. The molecule has 4 aromatic carbocycles. The number of carbonyl (C=O) groups is 1. The van der Waals surface area contributed by atoms with E-state index in [1.165, 1.54) is 6.20 Å². The van der Waals surface area contributed by atoms with E-state index in [2.05, 4.69) is 25.3 Å². The number of hydrogen-bond acceptors (Lipinski definition) is 9. The summed E-state index contributed by atoms with van der Waals surface area (Å²) in [7, 11) is 0. The molecule has 300 valence electrons. The number of fused-ring (bicyclic) bond motifs is 2. The number of aryl methyl sites for hydroxylation is 2. The molecule has 4 heterocycles. The van der Waals surface area contributed by atoms with Gasteiger partial charge in [0.25, 0.3) is 0 Å². The highest BCUT2D eigenvalue weighted by atomic mass is 35.5. The molecule has 1 unspecified atom stereocenters. The molecule has 1 atom stereocenters. The van der Waals surface area contributed by atoms with Crippen LogP contribution in [0.15, 0.2) is 128 Å². The number of aromatic nitrogens is 4. The monoisotopic (exact) mass is 904 g/mol. The molecule has 0 amide bonds. The van der Waals surface area contributed by atoms with Gasteiger partial charge in [-0.05, 0) is 79.6 Å². The smallest absolute Gasteiger partial charge is 0.153 e. The number of phenols is 2. The van der Waals surface area contributed by atoms with Crippen LogP contribution in [0.4, 0.5) is 11.6 Å². The molecule has 59 heavy (non-hydrogen) atoms. The van der Waals surface area contributed by atoms with Crippen LogP contribution in [0, 0.1) is 13.8 Å². The number of aromatic hydroxyl groups is 2. The SMILES string of the molecule is Cc1cc(Cl)cnc1N.Cc1cc(Cl)cnc1NC(c1ccc2cccnc2c1O)c1c(Cl)cccc1Cl.O=Cc1c(Cl)cccc1Cl.Oc1cccc2cccnc12. The van der Waals surface area contributed by atoms with Gasteiger partial charge in [0.15, 0.2) is 6.29 Å². The summed E-state index contributed by atoms with van der Waals surface area (Å²) in [5.74, 6) is 1.45. The quantitative estimate of drug-likeness (QED) is 0.124. The number of nitrogens with two attached hydrogens (primary N) is 1. The first kappa shape index (κ1) is 44.7. The standard InChI is InChI=1S/C22H16Cl3N3O.C9H7NO.C7H4Cl2O.C6H7ClN2/c1-12-10-14(23)11-27-22(12)28-20(18-16(24)5-2-6-17(18)25)15-8-7-13-4-3-9-26-19(13)21(15)29;11-8-5-1-3-7-4-2-6-10-9(7)8;8-6-2-1-3-7(9)5(6)4-10;1-4-2-5(7)3-9-6(4)8/h2-11,20,29H,1H3,(H,27,28);1-6,11H;1-4H;2-3H,1H3,(H2,8,9). The van der Waals surface area contributed by atoms with Gasteiger partial charge < -0.3 is 21.3 Å². The Labute approximate surface area is 370 Å². The first-order valence-corrected chi connectivity index (χ1v) is 19.7. The Bertz CT molecular complexity index is 2690. The molecule has 0 aliphatic carbocycles. The van der Waals surface area contributed by atoms with E-state index >= 15 is 0 Å². The fraction of sp³-hybridized carbons (Fsp3) is 0.0682. The molecule has 5 N–H and O–H groups in total. The Morgan fingerprint density at radius 1 is 0.627 bits per heavy atom. The van der Waals surface area contributed by atoms with Crippen LogP contribution in [0.25, 0.3) is 21.8 Å². The number of halogens is 6. The van der Waals surface area contributed by atoms with E-state index < -0.39 is 6.04 Å². The first-order chi connectivity index (χ1) is 28.3. The fourth-order valence-corrected chi connectivity index (χ4v) is 7.09. The second-order valence-corrected chi connectivity index (χ2v) is 15.1. The third-order valence-electron chi connectivity index (χ3n) is 8.52. The molecule has 15 heteroatoms. The molecule has 0 saturated carbocycles. The van der Waals surface area contributed by atoms with Gasteiger partial charge >= 0.3 is 0 Å². The number of carbonyl (C=O) groups excluding carboxylic acids is 1. The number of benzene rings is 4. The minimum Gasteiger partial charge on any atom is -0.506 e. The molecule has 0 radical (unpaired) electrons. The normalized spacial score (nSPS) is 10.9. The summed E-state index contributed by atoms with van der Waals surface area (Å²) in [6.07, 6.45) is 7.04. The van der Waals surface area contributed by atoms with Crippen LogP contribution in [-0.2, 0) is 0 Å². The lowest BCUT2D eigenvalue weighted by atomic mass is 9.95. The summed E-state index contributed by atoms with van der Waals surface area (Å²) in [4.78, 5) is 26.8. The second kappa shape index (κ2) is 21.0. The van der Waals surface area contributed by atoms with Crippen LogP contribution in [0.2, 0.25) is 30.1 Å². The van der Waals surface area contributed by atoms with Gasteiger partial charge in [0.05, 0.1) is 31.7 Å². The first-order valence-electron chi connectivity index (χ1n) is 17.5. The maximum absolute atomic E-state index is 11.0. The third-order valence-corrected chi connectivity index (χ3v) is 10.3. The van der Waals surface area contributed by atoms with E-state index in [0.717, 1.165) is 21.9 Å². The molecule has 0 saturated heterocycles. The lowest BCUT2D eigenvalue weighted by Crippen LogP contribution is -2.15. The maximum atomic E-state index is 11.0. The Kier molecular flexibility index (Phi) is 15.9. The summed E-state index contributed by atoms with van der Waals surface area (Å²) < 4.78 is 0.